The normalized spacial score (nSPS) is 16.5. The SMILES string of the molecule is CCNC(=NCc1cc(F)ccc1F)NC1CCN(c2cc(OC)cc(OC)c2)C1. The highest BCUT2D eigenvalue weighted by atomic mass is 19.1. The van der Waals surface area contributed by atoms with Gasteiger partial charge in [0.15, 0.2) is 5.96 Å². The van der Waals surface area contributed by atoms with Crippen molar-refractivity contribution in [2.45, 2.75) is 25.9 Å². The van der Waals surface area contributed by atoms with Crippen LogP contribution in [0.5, 0.6) is 11.5 Å². The molecule has 0 saturated carbocycles. The van der Waals surface area contributed by atoms with E-state index in [-0.39, 0.29) is 18.2 Å². The number of rotatable bonds is 7. The highest BCUT2D eigenvalue weighted by molar-refractivity contribution is 5.80. The van der Waals surface area contributed by atoms with Crippen molar-refractivity contribution < 1.29 is 18.3 Å². The van der Waals surface area contributed by atoms with Crippen molar-refractivity contribution in [1.82, 2.24) is 10.6 Å². The van der Waals surface area contributed by atoms with E-state index in [0.717, 1.165) is 48.8 Å². The van der Waals surface area contributed by atoms with Crippen LogP contribution in [0.2, 0.25) is 0 Å². The second-order valence-electron chi connectivity index (χ2n) is 7.08. The Balaban J connectivity index is 1.66. The molecule has 0 aromatic heterocycles. The lowest BCUT2D eigenvalue weighted by atomic mass is 10.2. The molecule has 3 rings (SSSR count). The summed E-state index contributed by atoms with van der Waals surface area (Å²) in [4.78, 5) is 6.68. The standard InChI is InChI=1S/C22H28F2N4O2/c1-4-25-22(26-13-15-9-16(23)5-6-21(15)24)27-17-7-8-28(14-17)18-10-19(29-2)12-20(11-18)30-3/h5-6,9-12,17H,4,7-8,13-14H2,1-3H3,(H2,25,26,27). The van der Waals surface area contributed by atoms with E-state index >= 15 is 0 Å². The Morgan fingerprint density at radius 3 is 2.53 bits per heavy atom. The van der Waals surface area contributed by atoms with Crippen LogP contribution in [-0.4, -0.2) is 45.9 Å². The minimum Gasteiger partial charge on any atom is -0.497 e. The first kappa shape index (κ1) is 21.7. The largest absolute Gasteiger partial charge is 0.497 e. The Bertz CT molecular complexity index is 869. The lowest BCUT2D eigenvalue weighted by molar-refractivity contribution is 0.394. The van der Waals surface area contributed by atoms with Crippen LogP contribution in [-0.2, 0) is 6.54 Å². The minimum atomic E-state index is -0.472. The first-order chi connectivity index (χ1) is 14.5. The van der Waals surface area contributed by atoms with Crippen molar-refractivity contribution in [2.75, 3.05) is 38.8 Å². The number of halogens is 2. The number of ether oxygens (including phenoxy) is 2. The molecule has 1 aliphatic heterocycles. The Morgan fingerprint density at radius 1 is 1.13 bits per heavy atom. The summed E-state index contributed by atoms with van der Waals surface area (Å²) in [6.45, 7) is 4.33. The minimum absolute atomic E-state index is 0.0580. The fraction of sp³-hybridized carbons (Fsp3) is 0.409. The van der Waals surface area contributed by atoms with E-state index in [1.54, 1.807) is 14.2 Å². The molecular weight excluding hydrogens is 390 g/mol. The average Bonchev–Trinajstić information content (AvgIpc) is 3.22. The zero-order valence-electron chi connectivity index (χ0n) is 17.5. The third-order valence-electron chi connectivity index (χ3n) is 4.99. The topological polar surface area (TPSA) is 58.1 Å². The quantitative estimate of drug-likeness (QED) is 0.534. The molecule has 6 nitrogen and oxygen atoms in total. The van der Waals surface area contributed by atoms with Gasteiger partial charge in [-0.3, -0.25) is 0 Å². The molecule has 2 N–H and O–H groups in total. The van der Waals surface area contributed by atoms with E-state index in [1.807, 2.05) is 25.1 Å². The second-order valence-corrected chi connectivity index (χ2v) is 7.08. The van der Waals surface area contributed by atoms with Gasteiger partial charge in [-0.2, -0.15) is 0 Å². The molecule has 30 heavy (non-hydrogen) atoms. The predicted octanol–water partition coefficient (Wildman–Crippen LogP) is 3.32. The molecular formula is C22H28F2N4O2. The Hall–Kier alpha value is -3.03. The highest BCUT2D eigenvalue weighted by Gasteiger charge is 2.24. The maximum absolute atomic E-state index is 13.9. The second kappa shape index (κ2) is 10.1. The summed E-state index contributed by atoms with van der Waals surface area (Å²) < 4.78 is 38.0. The summed E-state index contributed by atoms with van der Waals surface area (Å²) in [7, 11) is 3.26. The number of nitrogens with zero attached hydrogens (tertiary/aromatic N) is 2. The Morgan fingerprint density at radius 2 is 1.87 bits per heavy atom. The van der Waals surface area contributed by atoms with Gasteiger partial charge in [0.1, 0.15) is 23.1 Å². The molecule has 0 amide bonds. The number of methoxy groups -OCH3 is 2. The summed E-state index contributed by atoms with van der Waals surface area (Å²) in [6, 6.07) is 9.38. The average molecular weight is 418 g/mol. The Labute approximate surface area is 175 Å². The summed E-state index contributed by atoms with van der Waals surface area (Å²) in [5, 5.41) is 6.57. The van der Waals surface area contributed by atoms with Gasteiger partial charge in [-0.15, -0.1) is 0 Å². The van der Waals surface area contributed by atoms with E-state index in [4.69, 9.17) is 9.47 Å². The van der Waals surface area contributed by atoms with Crippen LogP contribution in [0.3, 0.4) is 0 Å². The zero-order chi connectivity index (χ0) is 21.5. The third kappa shape index (κ3) is 5.52. The summed E-state index contributed by atoms with van der Waals surface area (Å²) in [5.41, 5.74) is 1.25. The third-order valence-corrected chi connectivity index (χ3v) is 4.99. The van der Waals surface area contributed by atoms with Gasteiger partial charge in [0.25, 0.3) is 0 Å². The summed E-state index contributed by atoms with van der Waals surface area (Å²) in [6.07, 6.45) is 0.915. The van der Waals surface area contributed by atoms with Gasteiger partial charge in [-0.05, 0) is 31.5 Å². The number of aliphatic imine (C=N–C) groups is 1. The molecule has 0 bridgehead atoms. The van der Waals surface area contributed by atoms with E-state index in [1.165, 1.54) is 6.07 Å². The molecule has 2 aromatic rings. The van der Waals surface area contributed by atoms with E-state index < -0.39 is 11.6 Å². The van der Waals surface area contributed by atoms with Gasteiger partial charge in [0, 0.05) is 55.1 Å². The molecule has 2 aromatic carbocycles. The molecule has 1 saturated heterocycles. The maximum atomic E-state index is 13.9. The van der Waals surface area contributed by atoms with Gasteiger partial charge < -0.3 is 25.0 Å². The van der Waals surface area contributed by atoms with Crippen LogP contribution < -0.4 is 25.0 Å². The lowest BCUT2D eigenvalue weighted by Gasteiger charge is -2.21. The maximum Gasteiger partial charge on any atom is 0.191 e. The summed E-state index contributed by atoms with van der Waals surface area (Å²) >= 11 is 0. The molecule has 1 unspecified atom stereocenters. The molecule has 0 aliphatic carbocycles. The number of hydrogen-bond donors (Lipinski definition) is 2. The molecule has 8 heteroatoms. The fourth-order valence-electron chi connectivity index (χ4n) is 3.43. The summed E-state index contributed by atoms with van der Waals surface area (Å²) in [5.74, 6) is 1.13. The van der Waals surface area contributed by atoms with Crippen molar-refractivity contribution in [1.29, 1.82) is 0 Å². The Kier molecular flexibility index (Phi) is 7.32. The zero-order valence-corrected chi connectivity index (χ0v) is 17.5. The number of nitrogens with one attached hydrogen (secondary N) is 2. The van der Waals surface area contributed by atoms with Gasteiger partial charge >= 0.3 is 0 Å². The molecule has 1 aliphatic rings. The van der Waals surface area contributed by atoms with Crippen LogP contribution in [0.4, 0.5) is 14.5 Å². The van der Waals surface area contributed by atoms with Gasteiger partial charge in [-0.25, -0.2) is 13.8 Å². The predicted molar refractivity (Wildman–Crippen MR) is 114 cm³/mol. The number of hydrogen-bond acceptors (Lipinski definition) is 4. The van der Waals surface area contributed by atoms with Gasteiger partial charge in [0.2, 0.25) is 0 Å². The van der Waals surface area contributed by atoms with E-state index in [9.17, 15) is 8.78 Å². The van der Waals surface area contributed by atoms with Crippen molar-refractivity contribution in [3.05, 3.63) is 53.6 Å². The van der Waals surface area contributed by atoms with Crippen molar-refractivity contribution >= 4 is 11.6 Å². The van der Waals surface area contributed by atoms with Crippen molar-refractivity contribution in [3.8, 4) is 11.5 Å². The van der Waals surface area contributed by atoms with Crippen molar-refractivity contribution in [3.63, 3.8) is 0 Å². The first-order valence-electron chi connectivity index (χ1n) is 9.99. The number of guanidine groups is 1. The molecule has 1 fully saturated rings. The van der Waals surface area contributed by atoms with Crippen LogP contribution in [0.15, 0.2) is 41.4 Å². The monoisotopic (exact) mass is 418 g/mol. The fourth-order valence-corrected chi connectivity index (χ4v) is 3.43. The van der Waals surface area contributed by atoms with Crippen LogP contribution in [0.1, 0.15) is 18.9 Å². The van der Waals surface area contributed by atoms with Crippen LogP contribution in [0.25, 0.3) is 0 Å². The van der Waals surface area contributed by atoms with E-state index in [0.29, 0.717) is 12.5 Å². The van der Waals surface area contributed by atoms with Crippen LogP contribution in [0, 0.1) is 11.6 Å². The van der Waals surface area contributed by atoms with Crippen LogP contribution >= 0.6 is 0 Å². The van der Waals surface area contributed by atoms with Gasteiger partial charge in [-0.1, -0.05) is 0 Å². The van der Waals surface area contributed by atoms with Crippen molar-refractivity contribution in [2.24, 2.45) is 4.99 Å². The van der Waals surface area contributed by atoms with Gasteiger partial charge in [0.05, 0.1) is 20.8 Å². The first-order valence-corrected chi connectivity index (χ1v) is 9.99. The molecule has 1 atom stereocenters. The molecule has 0 spiro atoms. The number of anilines is 1. The lowest BCUT2D eigenvalue weighted by Crippen LogP contribution is -2.44. The highest BCUT2D eigenvalue weighted by Crippen LogP contribution is 2.30. The number of benzene rings is 2. The smallest absolute Gasteiger partial charge is 0.191 e. The van der Waals surface area contributed by atoms with E-state index in [2.05, 4.69) is 20.5 Å². The molecule has 0 radical (unpaired) electrons. The molecule has 162 valence electrons. The molecule has 1 heterocycles.